The lowest BCUT2D eigenvalue weighted by atomic mass is 9.89. The predicted molar refractivity (Wildman–Crippen MR) is 258 cm³/mol. The van der Waals surface area contributed by atoms with Gasteiger partial charge in [-0.15, -0.1) is 0 Å². The summed E-state index contributed by atoms with van der Waals surface area (Å²) in [5, 5.41) is 4.70. The molecule has 0 aliphatic carbocycles. The van der Waals surface area contributed by atoms with Crippen LogP contribution in [-0.4, -0.2) is 9.55 Å². The Morgan fingerprint density at radius 2 is 0.774 bits per heavy atom. The van der Waals surface area contributed by atoms with Crippen molar-refractivity contribution in [1.82, 2.24) is 9.55 Å². The molecular weight excluding hydrogens is 753 g/mol. The molecule has 62 heavy (non-hydrogen) atoms. The maximum Gasteiger partial charge on any atom is 0.135 e. The summed E-state index contributed by atoms with van der Waals surface area (Å²) in [6.45, 7) is 0. The van der Waals surface area contributed by atoms with E-state index in [-0.39, 0.29) is 0 Å². The molecule has 290 valence electrons. The van der Waals surface area contributed by atoms with E-state index < -0.39 is 0 Å². The number of pyridine rings is 1. The molecule has 0 atom stereocenters. The van der Waals surface area contributed by atoms with Gasteiger partial charge in [0.05, 0.1) is 22.4 Å². The van der Waals surface area contributed by atoms with E-state index in [1.54, 1.807) is 0 Å². The fourth-order valence-corrected chi connectivity index (χ4v) is 9.27. The largest absolute Gasteiger partial charge is 0.456 e. The molecule has 0 N–H and O–H groups in total. The third-order valence-corrected chi connectivity index (χ3v) is 12.2. The Morgan fingerprint density at radius 3 is 1.47 bits per heavy atom. The minimum Gasteiger partial charge on any atom is -0.456 e. The van der Waals surface area contributed by atoms with E-state index >= 15 is 0 Å². The zero-order chi connectivity index (χ0) is 41.0. The van der Waals surface area contributed by atoms with Crippen LogP contribution in [0.5, 0.6) is 0 Å². The smallest absolute Gasteiger partial charge is 0.135 e. The van der Waals surface area contributed by atoms with E-state index in [1.165, 1.54) is 49.7 Å². The number of aromatic nitrogens is 2. The zero-order valence-corrected chi connectivity index (χ0v) is 33.7. The molecule has 3 aromatic heterocycles. The SMILES string of the molecule is c1ccc(-c2cc(-c3ccccc3)nc(-c3ccc(-n4c5ccccc5c5cc(-c6ccccc6-c6ccccc6-c6ccc7oc8ccccc8c7c6)ccc54)cc3)c2)cc1. The summed E-state index contributed by atoms with van der Waals surface area (Å²) in [6, 6.07) is 82.3. The Labute approximate surface area is 359 Å². The first-order valence-corrected chi connectivity index (χ1v) is 21.1. The van der Waals surface area contributed by atoms with Crippen LogP contribution in [-0.2, 0) is 0 Å². The number of fused-ring (bicyclic) bond motifs is 6. The van der Waals surface area contributed by atoms with Crippen LogP contribution < -0.4 is 0 Å². The maximum atomic E-state index is 6.19. The molecule has 0 aliphatic heterocycles. The molecule has 0 aliphatic rings. The molecule has 0 amide bonds. The van der Waals surface area contributed by atoms with Gasteiger partial charge in [0.25, 0.3) is 0 Å². The second kappa shape index (κ2) is 14.8. The van der Waals surface area contributed by atoms with Crippen molar-refractivity contribution in [3.8, 4) is 72.7 Å². The van der Waals surface area contributed by atoms with Gasteiger partial charge >= 0.3 is 0 Å². The Balaban J connectivity index is 0.944. The molecule has 0 bridgehead atoms. The second-order valence-corrected chi connectivity index (χ2v) is 15.9. The van der Waals surface area contributed by atoms with E-state index in [4.69, 9.17) is 9.40 Å². The number of nitrogens with zero attached hydrogens (tertiary/aromatic N) is 2. The van der Waals surface area contributed by atoms with E-state index in [1.807, 2.05) is 18.2 Å². The van der Waals surface area contributed by atoms with Crippen molar-refractivity contribution in [3.05, 3.63) is 231 Å². The topological polar surface area (TPSA) is 31.0 Å². The number of hydrogen-bond acceptors (Lipinski definition) is 2. The van der Waals surface area contributed by atoms with Crippen LogP contribution in [0.15, 0.2) is 235 Å². The molecule has 0 saturated heterocycles. The van der Waals surface area contributed by atoms with Crippen molar-refractivity contribution in [2.75, 3.05) is 0 Å². The molecule has 0 fully saturated rings. The minimum absolute atomic E-state index is 0.902. The van der Waals surface area contributed by atoms with Gasteiger partial charge in [-0.25, -0.2) is 4.98 Å². The van der Waals surface area contributed by atoms with Crippen molar-refractivity contribution in [3.63, 3.8) is 0 Å². The van der Waals surface area contributed by atoms with E-state index in [9.17, 15) is 0 Å². The van der Waals surface area contributed by atoms with Gasteiger partial charge in [-0.1, -0.05) is 170 Å². The molecule has 12 aromatic rings. The molecule has 0 spiro atoms. The molecule has 3 nitrogen and oxygen atoms in total. The lowest BCUT2D eigenvalue weighted by Crippen LogP contribution is -1.95. The highest BCUT2D eigenvalue weighted by molar-refractivity contribution is 6.11. The first-order valence-electron chi connectivity index (χ1n) is 21.1. The summed E-state index contributed by atoms with van der Waals surface area (Å²) in [6.07, 6.45) is 0. The van der Waals surface area contributed by atoms with Gasteiger partial charge < -0.3 is 8.98 Å². The molecule has 9 aromatic carbocycles. The van der Waals surface area contributed by atoms with Gasteiger partial charge in [-0.05, 0) is 105 Å². The van der Waals surface area contributed by atoms with Crippen LogP contribution in [0.3, 0.4) is 0 Å². The summed E-state index contributed by atoms with van der Waals surface area (Å²) < 4.78 is 8.57. The van der Waals surface area contributed by atoms with Gasteiger partial charge in [-0.3, -0.25) is 0 Å². The third kappa shape index (κ3) is 6.10. The minimum atomic E-state index is 0.902. The lowest BCUT2D eigenvalue weighted by Gasteiger charge is -2.15. The third-order valence-electron chi connectivity index (χ3n) is 12.2. The molecule has 12 rings (SSSR count). The van der Waals surface area contributed by atoms with Crippen LogP contribution in [0.25, 0.3) is 116 Å². The van der Waals surface area contributed by atoms with Crippen LogP contribution >= 0.6 is 0 Å². The summed E-state index contributed by atoms with van der Waals surface area (Å²) in [4.78, 5) is 5.19. The zero-order valence-electron chi connectivity index (χ0n) is 33.7. The number of furan rings is 1. The van der Waals surface area contributed by atoms with Gasteiger partial charge in [0.15, 0.2) is 0 Å². The van der Waals surface area contributed by atoms with Gasteiger partial charge in [-0.2, -0.15) is 0 Å². The standard InChI is InChI=1S/C59H38N2O/c1-3-15-39(16-4-1)44-37-54(40-17-5-2-6-18-40)60-55(38-44)41-27-31-45(32-28-41)61-56-25-13-11-23-50(56)52-35-42(29-33-57(52)61)46-19-7-9-21-48(46)49-22-10-8-20-47(49)43-30-34-59-53(36-43)51-24-12-14-26-58(51)62-59/h1-38H. The van der Waals surface area contributed by atoms with Gasteiger partial charge in [0, 0.05) is 38.4 Å². The Hall–Kier alpha value is -8.27. The van der Waals surface area contributed by atoms with Crippen molar-refractivity contribution in [2.24, 2.45) is 0 Å². The van der Waals surface area contributed by atoms with E-state index in [0.717, 1.165) is 66.8 Å². The average Bonchev–Trinajstić information content (AvgIpc) is 3.89. The van der Waals surface area contributed by atoms with Crippen molar-refractivity contribution in [1.29, 1.82) is 0 Å². The van der Waals surface area contributed by atoms with Crippen LogP contribution in [0.2, 0.25) is 0 Å². The van der Waals surface area contributed by atoms with E-state index in [2.05, 4.69) is 217 Å². The Morgan fingerprint density at radius 1 is 0.290 bits per heavy atom. The highest BCUT2D eigenvalue weighted by Crippen LogP contribution is 2.42. The highest BCUT2D eigenvalue weighted by atomic mass is 16.3. The normalized spacial score (nSPS) is 11.5. The predicted octanol–water partition coefficient (Wildman–Crippen LogP) is 16.1. The molecule has 3 heteroatoms. The number of para-hydroxylation sites is 2. The van der Waals surface area contributed by atoms with Crippen LogP contribution in [0, 0.1) is 0 Å². The lowest BCUT2D eigenvalue weighted by molar-refractivity contribution is 0.669. The fraction of sp³-hybridized carbons (Fsp3) is 0. The quantitative estimate of drug-likeness (QED) is 0.161. The van der Waals surface area contributed by atoms with Crippen molar-refractivity contribution >= 4 is 43.7 Å². The number of hydrogen-bond donors (Lipinski definition) is 0. The first-order chi connectivity index (χ1) is 30.7. The summed E-state index contributed by atoms with van der Waals surface area (Å²) in [7, 11) is 0. The number of rotatable bonds is 7. The Bertz CT molecular complexity index is 3560. The van der Waals surface area contributed by atoms with E-state index in [0.29, 0.717) is 0 Å². The van der Waals surface area contributed by atoms with Crippen molar-refractivity contribution < 1.29 is 4.42 Å². The maximum absolute atomic E-state index is 6.19. The molecule has 3 heterocycles. The highest BCUT2D eigenvalue weighted by Gasteiger charge is 2.18. The summed E-state index contributed by atoms with van der Waals surface area (Å²) >= 11 is 0. The molecule has 0 saturated carbocycles. The van der Waals surface area contributed by atoms with Gasteiger partial charge in [0.1, 0.15) is 11.2 Å². The molecule has 0 unspecified atom stereocenters. The Kier molecular flexibility index (Phi) is 8.50. The molecule has 0 radical (unpaired) electrons. The molecular formula is C59H38N2O. The van der Waals surface area contributed by atoms with Crippen LogP contribution in [0.1, 0.15) is 0 Å². The van der Waals surface area contributed by atoms with Gasteiger partial charge in [0.2, 0.25) is 0 Å². The summed E-state index contributed by atoms with van der Waals surface area (Å²) in [5.74, 6) is 0. The number of benzene rings is 9. The summed E-state index contributed by atoms with van der Waals surface area (Å²) in [5.41, 5.74) is 18.7. The second-order valence-electron chi connectivity index (χ2n) is 15.9. The van der Waals surface area contributed by atoms with Crippen LogP contribution in [0.4, 0.5) is 0 Å². The fourth-order valence-electron chi connectivity index (χ4n) is 9.27. The monoisotopic (exact) mass is 790 g/mol. The average molecular weight is 791 g/mol. The first kappa shape index (κ1) is 35.7. The van der Waals surface area contributed by atoms with Crippen molar-refractivity contribution in [2.45, 2.75) is 0 Å².